The van der Waals surface area contributed by atoms with E-state index in [0.29, 0.717) is 5.92 Å². The van der Waals surface area contributed by atoms with Crippen LogP contribution in [0.25, 0.3) is 0 Å². The Morgan fingerprint density at radius 1 is 1.32 bits per heavy atom. The molecule has 1 unspecified atom stereocenters. The predicted molar refractivity (Wildman–Crippen MR) is 85.9 cm³/mol. The van der Waals surface area contributed by atoms with Gasteiger partial charge in [0.15, 0.2) is 0 Å². The maximum Gasteiger partial charge on any atom is 0.113 e. The Hall–Kier alpha value is -0.410. The summed E-state index contributed by atoms with van der Waals surface area (Å²) in [5, 5.41) is 7.20. The van der Waals surface area contributed by atoms with E-state index >= 15 is 0 Å². The summed E-state index contributed by atoms with van der Waals surface area (Å²) in [6.07, 6.45) is 3.57. The van der Waals surface area contributed by atoms with Crippen LogP contribution in [-0.4, -0.2) is 11.5 Å². The number of rotatable bonds is 8. The van der Waals surface area contributed by atoms with Crippen molar-refractivity contribution in [3.8, 4) is 0 Å². The zero-order chi connectivity index (χ0) is 14.5. The predicted octanol–water partition coefficient (Wildman–Crippen LogP) is 4.92. The molecule has 0 aliphatic heterocycles. The normalized spacial score (nSPS) is 15.2. The third-order valence-electron chi connectivity index (χ3n) is 3.57. The molecule has 0 amide bonds. The number of aromatic nitrogens is 1. The summed E-state index contributed by atoms with van der Waals surface area (Å²) in [4.78, 5) is 4.87. The van der Waals surface area contributed by atoms with Crippen LogP contribution in [0.4, 0.5) is 0 Å². The van der Waals surface area contributed by atoms with Crippen molar-refractivity contribution < 1.29 is 0 Å². The van der Waals surface area contributed by atoms with Crippen LogP contribution in [0.3, 0.4) is 0 Å². The number of hydrogen-bond acceptors (Lipinski definition) is 3. The van der Waals surface area contributed by atoms with Gasteiger partial charge in [0.25, 0.3) is 0 Å². The maximum absolute atomic E-state index is 4.87. The van der Waals surface area contributed by atoms with E-state index in [1.54, 1.807) is 0 Å². The Balaban J connectivity index is 2.86. The highest BCUT2D eigenvalue weighted by Crippen LogP contribution is 2.32. The summed E-state index contributed by atoms with van der Waals surface area (Å²) >= 11 is 1.81. The van der Waals surface area contributed by atoms with E-state index in [1.165, 1.54) is 23.5 Å². The van der Waals surface area contributed by atoms with Crippen molar-refractivity contribution in [1.82, 2.24) is 10.3 Å². The maximum atomic E-state index is 4.87. The number of nitrogens with zero attached hydrogens (tertiary/aromatic N) is 1. The summed E-state index contributed by atoms with van der Waals surface area (Å²) in [5.74, 6) is 1.26. The lowest BCUT2D eigenvalue weighted by Crippen LogP contribution is -2.40. The van der Waals surface area contributed by atoms with Crippen molar-refractivity contribution >= 4 is 11.3 Å². The van der Waals surface area contributed by atoms with Gasteiger partial charge in [0, 0.05) is 5.38 Å². The first-order valence-electron chi connectivity index (χ1n) is 7.60. The van der Waals surface area contributed by atoms with Crippen LogP contribution in [0, 0.1) is 5.92 Å². The molecule has 0 radical (unpaired) electrons. The molecule has 1 N–H and O–H groups in total. The molecule has 0 aromatic carbocycles. The fourth-order valence-corrected chi connectivity index (χ4v) is 3.20. The Labute approximate surface area is 123 Å². The van der Waals surface area contributed by atoms with E-state index in [1.807, 2.05) is 11.3 Å². The van der Waals surface area contributed by atoms with E-state index in [4.69, 9.17) is 4.98 Å². The minimum atomic E-state index is 0.0398. The van der Waals surface area contributed by atoms with Crippen LogP contribution in [-0.2, 0) is 5.54 Å². The molecule has 2 nitrogen and oxygen atoms in total. The largest absolute Gasteiger partial charge is 0.306 e. The van der Waals surface area contributed by atoms with E-state index in [-0.39, 0.29) is 5.54 Å². The second kappa shape index (κ2) is 7.39. The molecule has 1 rings (SSSR count). The molecule has 3 heteroatoms. The van der Waals surface area contributed by atoms with Crippen molar-refractivity contribution in [2.45, 2.75) is 72.3 Å². The standard InChI is InChI=1S/C16H30N2S/c1-7-10-17-16(6,9-8-12(2)3)15-18-14(11-19-15)13(4)5/h11-13,17H,7-10H2,1-6H3. The van der Waals surface area contributed by atoms with Gasteiger partial charge < -0.3 is 5.32 Å². The SMILES string of the molecule is CCCNC(C)(CCC(C)C)c1nc(C(C)C)cs1. The van der Waals surface area contributed by atoms with Gasteiger partial charge in [-0.1, -0.05) is 34.6 Å². The molecular weight excluding hydrogens is 252 g/mol. The fraction of sp³-hybridized carbons (Fsp3) is 0.812. The van der Waals surface area contributed by atoms with Crippen molar-refractivity contribution in [3.63, 3.8) is 0 Å². The molecule has 0 fully saturated rings. The molecule has 1 heterocycles. The molecule has 0 aliphatic rings. The highest BCUT2D eigenvalue weighted by Gasteiger charge is 2.29. The Kier molecular flexibility index (Phi) is 6.48. The molecule has 1 aromatic rings. The lowest BCUT2D eigenvalue weighted by atomic mass is 9.92. The van der Waals surface area contributed by atoms with Gasteiger partial charge in [-0.05, 0) is 44.6 Å². The van der Waals surface area contributed by atoms with Gasteiger partial charge in [-0.3, -0.25) is 0 Å². The molecule has 110 valence electrons. The van der Waals surface area contributed by atoms with Gasteiger partial charge in [0.1, 0.15) is 5.01 Å². The Bertz CT molecular complexity index is 371. The summed E-state index contributed by atoms with van der Waals surface area (Å²) in [7, 11) is 0. The van der Waals surface area contributed by atoms with Gasteiger partial charge in [0.05, 0.1) is 11.2 Å². The fourth-order valence-electron chi connectivity index (χ4n) is 2.05. The van der Waals surface area contributed by atoms with Crippen LogP contribution in [0.2, 0.25) is 0 Å². The zero-order valence-electron chi connectivity index (χ0n) is 13.4. The van der Waals surface area contributed by atoms with Crippen LogP contribution < -0.4 is 5.32 Å². The number of nitrogens with one attached hydrogen (secondary N) is 1. The first-order chi connectivity index (χ1) is 8.89. The van der Waals surface area contributed by atoms with Crippen LogP contribution >= 0.6 is 11.3 Å². The third-order valence-corrected chi connectivity index (χ3v) is 4.70. The molecule has 0 saturated heterocycles. The van der Waals surface area contributed by atoms with Crippen molar-refractivity contribution in [2.75, 3.05) is 6.54 Å². The second-order valence-electron chi connectivity index (χ2n) is 6.42. The van der Waals surface area contributed by atoms with Crippen LogP contribution in [0.1, 0.15) is 77.4 Å². The highest BCUT2D eigenvalue weighted by atomic mass is 32.1. The Morgan fingerprint density at radius 2 is 2.00 bits per heavy atom. The van der Waals surface area contributed by atoms with E-state index in [0.717, 1.165) is 18.9 Å². The second-order valence-corrected chi connectivity index (χ2v) is 7.28. The molecule has 19 heavy (non-hydrogen) atoms. The molecule has 0 aliphatic carbocycles. The molecule has 0 saturated carbocycles. The monoisotopic (exact) mass is 282 g/mol. The lowest BCUT2D eigenvalue weighted by Gasteiger charge is -2.30. The third kappa shape index (κ3) is 4.88. The summed E-state index contributed by atoms with van der Waals surface area (Å²) < 4.78 is 0. The minimum absolute atomic E-state index is 0.0398. The smallest absolute Gasteiger partial charge is 0.113 e. The molecule has 1 atom stereocenters. The summed E-state index contributed by atoms with van der Waals surface area (Å²) in [5.41, 5.74) is 1.27. The number of hydrogen-bond donors (Lipinski definition) is 1. The van der Waals surface area contributed by atoms with Crippen molar-refractivity contribution in [3.05, 3.63) is 16.1 Å². The zero-order valence-corrected chi connectivity index (χ0v) is 14.2. The first kappa shape index (κ1) is 16.6. The molecular formula is C16H30N2S. The molecule has 0 bridgehead atoms. The van der Waals surface area contributed by atoms with Crippen molar-refractivity contribution in [1.29, 1.82) is 0 Å². The van der Waals surface area contributed by atoms with Crippen LogP contribution in [0.5, 0.6) is 0 Å². The van der Waals surface area contributed by atoms with Gasteiger partial charge in [-0.25, -0.2) is 4.98 Å². The van der Waals surface area contributed by atoms with Gasteiger partial charge in [-0.2, -0.15) is 0 Å². The first-order valence-corrected chi connectivity index (χ1v) is 8.48. The van der Waals surface area contributed by atoms with Gasteiger partial charge in [-0.15, -0.1) is 11.3 Å². The van der Waals surface area contributed by atoms with E-state index < -0.39 is 0 Å². The highest BCUT2D eigenvalue weighted by molar-refractivity contribution is 7.09. The van der Waals surface area contributed by atoms with Crippen molar-refractivity contribution in [2.24, 2.45) is 5.92 Å². The average Bonchev–Trinajstić information content (AvgIpc) is 2.84. The van der Waals surface area contributed by atoms with Gasteiger partial charge >= 0.3 is 0 Å². The minimum Gasteiger partial charge on any atom is -0.306 e. The van der Waals surface area contributed by atoms with Crippen LogP contribution in [0.15, 0.2) is 5.38 Å². The quantitative estimate of drug-likeness (QED) is 0.732. The lowest BCUT2D eigenvalue weighted by molar-refractivity contribution is 0.311. The van der Waals surface area contributed by atoms with Gasteiger partial charge in [0.2, 0.25) is 0 Å². The summed E-state index contributed by atoms with van der Waals surface area (Å²) in [6, 6.07) is 0. The molecule has 1 aromatic heterocycles. The van der Waals surface area contributed by atoms with E-state index in [2.05, 4.69) is 52.2 Å². The Morgan fingerprint density at radius 3 is 2.47 bits per heavy atom. The average molecular weight is 282 g/mol. The van der Waals surface area contributed by atoms with E-state index in [9.17, 15) is 0 Å². The summed E-state index contributed by atoms with van der Waals surface area (Å²) in [6.45, 7) is 14.6. The number of thiazole rings is 1. The topological polar surface area (TPSA) is 24.9 Å². The molecule has 0 spiro atoms.